The predicted molar refractivity (Wildman–Crippen MR) is 190 cm³/mol. The number of unbranched alkanes of at least 4 members (excludes halogenated alkanes) is 30. The van der Waals surface area contributed by atoms with E-state index in [4.69, 9.17) is 13.4 Å². The first-order valence-corrected chi connectivity index (χ1v) is 21.4. The maximum Gasteiger partial charge on any atom is 0.339 e. The lowest BCUT2D eigenvalue weighted by Gasteiger charge is -2.16. The highest BCUT2D eigenvalue weighted by Gasteiger charge is 2.17. The fourth-order valence-corrected chi connectivity index (χ4v) is 7.21. The van der Waals surface area contributed by atoms with Crippen LogP contribution >= 0.6 is 17.2 Å². The van der Waals surface area contributed by atoms with Crippen LogP contribution in [0.3, 0.4) is 0 Å². The predicted octanol–water partition coefficient (Wildman–Crippen LogP) is 14.0. The van der Waals surface area contributed by atoms with Gasteiger partial charge in [-0.25, -0.2) is 4.31 Å². The smallest absolute Gasteiger partial charge is 0.328 e. The molecule has 0 radical (unpaired) electrons. The average Bonchev–Trinajstić information content (AvgIpc) is 2.99. The quantitative estimate of drug-likeness (QED) is 0.0514. The van der Waals surface area contributed by atoms with Crippen LogP contribution in [0.5, 0.6) is 0 Å². The molecule has 0 atom stereocenters. The van der Waals surface area contributed by atoms with E-state index in [0.29, 0.717) is 13.2 Å². The van der Waals surface area contributed by atoms with Gasteiger partial charge in [0.15, 0.2) is 0 Å². The third kappa shape index (κ3) is 38.8. The molecule has 0 amide bonds. The van der Waals surface area contributed by atoms with E-state index in [9.17, 15) is 9.79 Å². The second-order valence-corrected chi connectivity index (χ2v) is 15.0. The lowest BCUT2D eigenvalue weighted by Crippen LogP contribution is -1.97. The van der Waals surface area contributed by atoms with Crippen LogP contribution in [-0.4, -0.2) is 23.0 Å². The van der Waals surface area contributed by atoms with E-state index < -0.39 is 17.2 Å². The van der Waals surface area contributed by atoms with Crippen LogP contribution in [0.25, 0.3) is 0 Å². The van der Waals surface area contributed by atoms with Gasteiger partial charge >= 0.3 is 17.2 Å². The van der Waals surface area contributed by atoms with Crippen molar-refractivity contribution in [3.63, 3.8) is 0 Å². The fourth-order valence-electron chi connectivity index (χ4n) is 5.72. The zero-order valence-electron chi connectivity index (χ0n) is 29.1. The summed E-state index contributed by atoms with van der Waals surface area (Å²) in [4.78, 5) is 18.5. The Bertz CT molecular complexity index is 460. The summed E-state index contributed by atoms with van der Waals surface area (Å²) in [5.74, 6) is 0. The molecule has 0 aromatic carbocycles. The van der Waals surface area contributed by atoms with Crippen LogP contribution in [0.15, 0.2) is 0 Å². The number of rotatable bonds is 38. The van der Waals surface area contributed by atoms with Gasteiger partial charge in [-0.15, -0.1) is 0 Å². The molecule has 0 saturated carbocycles. The zero-order chi connectivity index (χ0) is 31.3. The Morgan fingerprint density at radius 1 is 0.326 bits per heavy atom. The molecule has 0 aliphatic carbocycles. The molecule has 0 heterocycles. The molecule has 0 aliphatic rings. The molecular weight excluding hydrogens is 574 g/mol. The molecule has 0 aromatic heterocycles. The van der Waals surface area contributed by atoms with Crippen LogP contribution in [0.4, 0.5) is 0 Å². The van der Waals surface area contributed by atoms with Gasteiger partial charge in [0, 0.05) is 0 Å². The van der Waals surface area contributed by atoms with E-state index in [2.05, 4.69) is 13.8 Å². The molecule has 0 fully saturated rings. The number of hydrogen-bond acceptors (Lipinski definition) is 5. The van der Waals surface area contributed by atoms with Gasteiger partial charge in [-0.1, -0.05) is 206 Å². The van der Waals surface area contributed by atoms with Crippen molar-refractivity contribution in [2.24, 2.45) is 0 Å². The summed E-state index contributed by atoms with van der Waals surface area (Å²) in [6.07, 6.45) is 43.0. The first-order valence-electron chi connectivity index (χ1n) is 19.1. The SMILES string of the molecule is CCCCCCCCCCCCCCCCCCOP(OCCCCCCCCCCCCCCCCCC)OP(O)O. The molecule has 0 aromatic rings. The third-order valence-electron chi connectivity index (χ3n) is 8.53. The second kappa shape index (κ2) is 38.8. The highest BCUT2D eigenvalue weighted by atomic mass is 31.2. The monoisotopic (exact) mass is 651 g/mol. The lowest BCUT2D eigenvalue weighted by molar-refractivity contribution is 0.192. The van der Waals surface area contributed by atoms with E-state index >= 15 is 0 Å². The van der Waals surface area contributed by atoms with E-state index in [1.165, 1.54) is 180 Å². The Morgan fingerprint density at radius 3 is 0.744 bits per heavy atom. The van der Waals surface area contributed by atoms with Crippen molar-refractivity contribution >= 4 is 17.2 Å². The largest absolute Gasteiger partial charge is 0.339 e. The maximum atomic E-state index is 9.26. The first-order chi connectivity index (χ1) is 21.2. The van der Waals surface area contributed by atoms with Gasteiger partial charge in [-0.2, -0.15) is 0 Å². The molecule has 0 unspecified atom stereocenters. The highest BCUT2D eigenvalue weighted by Crippen LogP contribution is 2.50. The Kier molecular flexibility index (Phi) is 39.4. The molecule has 0 rings (SSSR count). The first kappa shape index (κ1) is 43.7. The molecular formula is C36H76O5P2. The van der Waals surface area contributed by atoms with E-state index in [1.54, 1.807) is 0 Å². The van der Waals surface area contributed by atoms with Gasteiger partial charge in [0.1, 0.15) is 0 Å². The summed E-state index contributed by atoms with van der Waals surface area (Å²) >= 11 is 0. The van der Waals surface area contributed by atoms with Gasteiger partial charge in [0.2, 0.25) is 0 Å². The normalized spacial score (nSPS) is 11.9. The topological polar surface area (TPSA) is 68.2 Å². The molecule has 2 N–H and O–H groups in total. The molecule has 0 spiro atoms. The summed E-state index contributed by atoms with van der Waals surface area (Å²) < 4.78 is 16.5. The summed E-state index contributed by atoms with van der Waals surface area (Å²) in [6, 6.07) is 0. The minimum Gasteiger partial charge on any atom is -0.328 e. The van der Waals surface area contributed by atoms with Crippen LogP contribution in [-0.2, 0) is 13.4 Å². The maximum absolute atomic E-state index is 9.26. The molecule has 7 heteroatoms. The summed E-state index contributed by atoms with van der Waals surface area (Å²) in [5.41, 5.74) is 0. The second-order valence-electron chi connectivity index (χ2n) is 12.8. The lowest BCUT2D eigenvalue weighted by atomic mass is 10.0. The van der Waals surface area contributed by atoms with Crippen molar-refractivity contribution in [2.45, 2.75) is 219 Å². The molecule has 0 aliphatic heterocycles. The van der Waals surface area contributed by atoms with Crippen LogP contribution in [0.2, 0.25) is 0 Å². The Balaban J connectivity index is 3.44. The van der Waals surface area contributed by atoms with Crippen LogP contribution in [0, 0.1) is 0 Å². The van der Waals surface area contributed by atoms with Crippen molar-refractivity contribution in [1.82, 2.24) is 0 Å². The number of hydrogen-bond donors (Lipinski definition) is 2. The van der Waals surface area contributed by atoms with Crippen molar-refractivity contribution < 1.29 is 23.1 Å². The Labute approximate surface area is 272 Å². The Morgan fingerprint density at radius 2 is 0.535 bits per heavy atom. The van der Waals surface area contributed by atoms with E-state index in [1.807, 2.05) is 0 Å². The van der Waals surface area contributed by atoms with Crippen LogP contribution in [0.1, 0.15) is 219 Å². The van der Waals surface area contributed by atoms with Gasteiger partial charge < -0.3 is 18.8 Å². The molecule has 43 heavy (non-hydrogen) atoms. The van der Waals surface area contributed by atoms with Crippen molar-refractivity contribution in [3.8, 4) is 0 Å². The van der Waals surface area contributed by atoms with Crippen molar-refractivity contribution in [1.29, 1.82) is 0 Å². The summed E-state index contributed by atoms with van der Waals surface area (Å²) in [7, 11) is -4.11. The minimum absolute atomic E-state index is 0.562. The van der Waals surface area contributed by atoms with E-state index in [0.717, 1.165) is 25.7 Å². The van der Waals surface area contributed by atoms with Gasteiger partial charge in [-0.3, -0.25) is 0 Å². The summed E-state index contributed by atoms with van der Waals surface area (Å²) in [6.45, 7) is 5.69. The minimum atomic E-state index is -2.45. The third-order valence-corrected chi connectivity index (χ3v) is 10.4. The molecule has 260 valence electrons. The molecule has 0 bridgehead atoms. The molecule has 5 nitrogen and oxygen atoms in total. The van der Waals surface area contributed by atoms with Gasteiger partial charge in [0.05, 0.1) is 13.2 Å². The average molecular weight is 651 g/mol. The van der Waals surface area contributed by atoms with E-state index in [-0.39, 0.29) is 0 Å². The zero-order valence-corrected chi connectivity index (χ0v) is 30.8. The molecule has 0 saturated heterocycles. The van der Waals surface area contributed by atoms with Gasteiger partial charge in [0.25, 0.3) is 0 Å². The van der Waals surface area contributed by atoms with Crippen molar-refractivity contribution in [2.75, 3.05) is 13.2 Å². The fraction of sp³-hybridized carbons (Fsp3) is 1.00. The Hall–Kier alpha value is 0.660. The summed E-state index contributed by atoms with van der Waals surface area (Å²) in [5, 5.41) is 0. The highest BCUT2D eigenvalue weighted by molar-refractivity contribution is 7.54. The standard InChI is InChI=1S/C36H76O5P2/c1-3-5-7-9-11-13-15-17-19-21-23-25-27-29-31-33-35-39-43(41-42(37)38)40-36-34-32-30-28-26-24-22-20-18-16-14-12-10-8-6-4-2/h37-38H,3-36H2,1-2H3. The van der Waals surface area contributed by atoms with Crippen LogP contribution < -0.4 is 0 Å². The van der Waals surface area contributed by atoms with Gasteiger partial charge in [-0.05, 0) is 12.8 Å². The van der Waals surface area contributed by atoms with Crippen molar-refractivity contribution in [3.05, 3.63) is 0 Å².